The van der Waals surface area contributed by atoms with Crippen LogP contribution in [0.3, 0.4) is 0 Å². The summed E-state index contributed by atoms with van der Waals surface area (Å²) < 4.78 is 19.0. The molecule has 0 amide bonds. The number of methoxy groups -OCH3 is 1. The summed E-state index contributed by atoms with van der Waals surface area (Å²) in [5.74, 6) is 1.24. The molecule has 36 heavy (non-hydrogen) atoms. The number of aryl methyl sites for hydroxylation is 1. The Hall–Kier alpha value is -3.62. The molecule has 0 spiro atoms. The van der Waals surface area contributed by atoms with E-state index in [4.69, 9.17) is 13.9 Å². The summed E-state index contributed by atoms with van der Waals surface area (Å²) in [6.45, 7) is 6.35. The van der Waals surface area contributed by atoms with Crippen LogP contribution in [0.15, 0.2) is 46.9 Å². The molecule has 0 aliphatic carbocycles. The number of aromatic nitrogens is 2. The van der Waals surface area contributed by atoms with E-state index in [1.54, 1.807) is 18.7 Å². The highest BCUT2D eigenvalue weighted by Gasteiger charge is 2.29. The van der Waals surface area contributed by atoms with Crippen LogP contribution in [-0.2, 0) is 30.8 Å². The van der Waals surface area contributed by atoms with Crippen molar-refractivity contribution in [3.63, 3.8) is 0 Å². The third kappa shape index (κ3) is 4.38. The Labute approximate surface area is 210 Å². The van der Waals surface area contributed by atoms with Gasteiger partial charge >= 0.3 is 5.97 Å². The van der Waals surface area contributed by atoms with Crippen LogP contribution in [0.25, 0.3) is 22.1 Å². The fourth-order valence-electron chi connectivity index (χ4n) is 5.13. The van der Waals surface area contributed by atoms with Crippen molar-refractivity contribution in [2.24, 2.45) is 0 Å². The number of fused-ring (bicyclic) bond motifs is 2. The predicted octanol–water partition coefficient (Wildman–Crippen LogP) is 4.34. The highest BCUT2D eigenvalue weighted by atomic mass is 16.5. The molecule has 8 nitrogen and oxygen atoms in total. The number of carbonyl (C=O) groups is 1. The smallest absolute Gasteiger partial charge is 0.359 e. The summed E-state index contributed by atoms with van der Waals surface area (Å²) >= 11 is 0. The molecule has 0 fully saturated rings. The summed E-state index contributed by atoms with van der Waals surface area (Å²) in [5.41, 5.74) is 6.21. The van der Waals surface area contributed by atoms with E-state index in [2.05, 4.69) is 34.3 Å². The fourth-order valence-corrected chi connectivity index (χ4v) is 5.13. The topological polar surface area (TPSA) is 90.0 Å². The fraction of sp³-hybridized carbons (Fsp3) is 0.357. The Balaban J connectivity index is 1.46. The number of nitrogens with zero attached hydrogens (tertiary/aromatic N) is 3. The van der Waals surface area contributed by atoms with Gasteiger partial charge in [-0.15, -0.1) is 0 Å². The van der Waals surface area contributed by atoms with Gasteiger partial charge in [0.2, 0.25) is 0 Å². The molecule has 2 aromatic heterocycles. The minimum atomic E-state index is -0.425. The molecule has 0 bridgehead atoms. The first-order valence-corrected chi connectivity index (χ1v) is 12.3. The molecule has 0 saturated carbocycles. The van der Waals surface area contributed by atoms with E-state index in [0.29, 0.717) is 25.3 Å². The van der Waals surface area contributed by atoms with Crippen LogP contribution < -0.4 is 4.74 Å². The van der Waals surface area contributed by atoms with Crippen LogP contribution in [-0.4, -0.2) is 52.6 Å². The molecule has 4 aromatic rings. The maximum Gasteiger partial charge on any atom is 0.359 e. The van der Waals surface area contributed by atoms with Gasteiger partial charge in [-0.3, -0.25) is 9.58 Å². The Morgan fingerprint density at radius 2 is 2.03 bits per heavy atom. The normalized spacial score (nSPS) is 13.7. The second-order valence-corrected chi connectivity index (χ2v) is 8.96. The van der Waals surface area contributed by atoms with Gasteiger partial charge in [-0.1, -0.05) is 30.3 Å². The van der Waals surface area contributed by atoms with Crippen molar-refractivity contribution in [2.75, 3.05) is 26.9 Å². The van der Waals surface area contributed by atoms with E-state index in [-0.39, 0.29) is 13.2 Å². The molecule has 0 saturated heterocycles. The maximum absolute atomic E-state index is 12.6. The number of rotatable bonds is 8. The zero-order chi connectivity index (χ0) is 25.2. The van der Waals surface area contributed by atoms with Crippen molar-refractivity contribution < 1.29 is 23.8 Å². The third-order valence-corrected chi connectivity index (χ3v) is 6.72. The van der Waals surface area contributed by atoms with Crippen LogP contribution in [0.4, 0.5) is 0 Å². The van der Waals surface area contributed by atoms with Crippen molar-refractivity contribution in [2.45, 2.75) is 39.9 Å². The molecule has 1 aliphatic heterocycles. The van der Waals surface area contributed by atoms with Crippen molar-refractivity contribution in [3.8, 4) is 16.9 Å². The van der Waals surface area contributed by atoms with Crippen LogP contribution in [0.1, 0.15) is 40.0 Å². The van der Waals surface area contributed by atoms with Crippen molar-refractivity contribution in [1.29, 1.82) is 0 Å². The monoisotopic (exact) mass is 489 g/mol. The Kier molecular flexibility index (Phi) is 6.80. The van der Waals surface area contributed by atoms with Crippen LogP contribution in [0.2, 0.25) is 0 Å². The lowest BCUT2D eigenvalue weighted by Crippen LogP contribution is -2.31. The zero-order valence-electron chi connectivity index (χ0n) is 20.9. The van der Waals surface area contributed by atoms with Gasteiger partial charge in [-0.25, -0.2) is 4.79 Å². The van der Waals surface area contributed by atoms with E-state index in [1.807, 2.05) is 25.1 Å². The number of hydrogen-bond acceptors (Lipinski definition) is 7. The number of aliphatic hydroxyl groups excluding tert-OH is 1. The largest absolute Gasteiger partial charge is 0.496 e. The minimum Gasteiger partial charge on any atom is -0.496 e. The van der Waals surface area contributed by atoms with Crippen LogP contribution in [0.5, 0.6) is 5.75 Å². The minimum absolute atomic E-state index is 0.0369. The molecule has 2 aromatic carbocycles. The van der Waals surface area contributed by atoms with Crippen LogP contribution >= 0.6 is 0 Å². The van der Waals surface area contributed by atoms with E-state index in [9.17, 15) is 9.90 Å². The predicted molar refractivity (Wildman–Crippen MR) is 136 cm³/mol. The molecule has 0 unspecified atom stereocenters. The molecule has 0 radical (unpaired) electrons. The van der Waals surface area contributed by atoms with Crippen LogP contribution in [0, 0.1) is 6.92 Å². The molecular formula is C28H31N3O5. The van der Waals surface area contributed by atoms with Gasteiger partial charge in [0.25, 0.3) is 0 Å². The van der Waals surface area contributed by atoms with Gasteiger partial charge in [-0.2, -0.15) is 5.10 Å². The molecule has 1 aliphatic rings. The van der Waals surface area contributed by atoms with Gasteiger partial charge in [-0.05, 0) is 31.5 Å². The number of furan rings is 1. The molecule has 188 valence electrons. The SMILES string of the molecule is CCOC(=O)c1nn(CCO)c2c1CN(Cc1cc3oc(C)c(-c4ccccc4)c3cc1OC)CC2. The van der Waals surface area contributed by atoms with Gasteiger partial charge in [0.05, 0.1) is 26.9 Å². The van der Waals surface area contributed by atoms with Crippen molar-refractivity contribution in [3.05, 3.63) is 70.7 Å². The average Bonchev–Trinajstić information content (AvgIpc) is 3.40. The molecule has 8 heteroatoms. The summed E-state index contributed by atoms with van der Waals surface area (Å²) in [6.07, 6.45) is 0.727. The number of ether oxygens (including phenoxy) is 2. The van der Waals surface area contributed by atoms with Crippen molar-refractivity contribution in [1.82, 2.24) is 14.7 Å². The van der Waals surface area contributed by atoms with E-state index in [1.165, 1.54) is 0 Å². The summed E-state index contributed by atoms with van der Waals surface area (Å²) in [4.78, 5) is 14.9. The summed E-state index contributed by atoms with van der Waals surface area (Å²) in [5, 5.41) is 14.9. The van der Waals surface area contributed by atoms with E-state index >= 15 is 0 Å². The van der Waals surface area contributed by atoms with E-state index < -0.39 is 5.97 Å². The Morgan fingerprint density at radius 1 is 1.22 bits per heavy atom. The molecule has 1 N–H and O–H groups in total. The van der Waals surface area contributed by atoms with Gasteiger partial charge in [0, 0.05) is 53.8 Å². The van der Waals surface area contributed by atoms with Gasteiger partial charge < -0.3 is 19.0 Å². The first kappa shape index (κ1) is 24.1. The molecule has 0 atom stereocenters. The quantitative estimate of drug-likeness (QED) is 0.368. The summed E-state index contributed by atoms with van der Waals surface area (Å²) in [6, 6.07) is 14.3. The second-order valence-electron chi connectivity index (χ2n) is 8.96. The van der Waals surface area contributed by atoms with E-state index in [0.717, 1.165) is 63.4 Å². The second kappa shape index (κ2) is 10.2. The highest BCUT2D eigenvalue weighted by Crippen LogP contribution is 2.38. The lowest BCUT2D eigenvalue weighted by molar-refractivity contribution is 0.0515. The van der Waals surface area contributed by atoms with Gasteiger partial charge in [0.15, 0.2) is 5.69 Å². The lowest BCUT2D eigenvalue weighted by Gasteiger charge is -2.28. The lowest BCUT2D eigenvalue weighted by atomic mass is 10.00. The zero-order valence-corrected chi connectivity index (χ0v) is 20.9. The van der Waals surface area contributed by atoms with Gasteiger partial charge in [0.1, 0.15) is 17.1 Å². The highest BCUT2D eigenvalue weighted by molar-refractivity contribution is 5.97. The maximum atomic E-state index is 12.6. The third-order valence-electron chi connectivity index (χ3n) is 6.72. The number of carbonyl (C=O) groups excluding carboxylic acids is 1. The molecule has 5 rings (SSSR count). The Bertz CT molecular complexity index is 1390. The molecular weight excluding hydrogens is 458 g/mol. The Morgan fingerprint density at radius 3 is 2.75 bits per heavy atom. The number of aliphatic hydroxyl groups is 1. The average molecular weight is 490 g/mol. The number of benzene rings is 2. The summed E-state index contributed by atoms with van der Waals surface area (Å²) in [7, 11) is 1.69. The van der Waals surface area contributed by atoms with Crippen molar-refractivity contribution >= 4 is 16.9 Å². The standard InChI is InChI=1S/C28H31N3O5/c1-4-35-28(33)27-22-17-30(11-10-23(22)31(29-27)12-13-32)16-20-14-25-21(15-24(20)34-3)26(18(2)36-25)19-8-6-5-7-9-19/h5-9,14-15,32H,4,10-13,16-17H2,1-3H3. The first-order valence-electron chi connectivity index (χ1n) is 12.3. The number of esters is 1. The molecule has 3 heterocycles. The number of hydrogen-bond donors (Lipinski definition) is 1. The first-order chi connectivity index (χ1) is 17.5.